The zero-order valence-electron chi connectivity index (χ0n) is 7.42. The third-order valence-electron chi connectivity index (χ3n) is 1.14. The van der Waals surface area contributed by atoms with E-state index in [2.05, 4.69) is 23.5 Å². The quantitative estimate of drug-likeness (QED) is 0.487. The molecule has 0 aromatic heterocycles. The first-order valence-electron chi connectivity index (χ1n) is 3.76. The number of thioether (sulfide) groups is 1. The van der Waals surface area contributed by atoms with E-state index in [0.717, 1.165) is 12.3 Å². The lowest BCUT2D eigenvalue weighted by molar-refractivity contribution is 0.736. The fraction of sp³-hybridized carbons (Fsp3) is 0.857. The smallest absolute Gasteiger partial charge is 0.188 e. The Hall–Kier alpha value is -0.380. The van der Waals surface area contributed by atoms with Crippen LogP contribution in [0.15, 0.2) is 4.99 Å². The SMILES string of the molecule is CCN=C(N)NC(C)CSC. The molecule has 0 saturated heterocycles. The molecule has 0 radical (unpaired) electrons. The average Bonchev–Trinajstić information content (AvgIpc) is 1.87. The highest BCUT2D eigenvalue weighted by Gasteiger charge is 1.99. The molecule has 3 N–H and O–H groups in total. The summed E-state index contributed by atoms with van der Waals surface area (Å²) in [4.78, 5) is 4.02. The van der Waals surface area contributed by atoms with Crippen LogP contribution in [0.1, 0.15) is 13.8 Å². The van der Waals surface area contributed by atoms with Gasteiger partial charge in [0.1, 0.15) is 0 Å². The van der Waals surface area contributed by atoms with E-state index in [1.807, 2.05) is 6.92 Å². The molecule has 66 valence electrons. The molecule has 0 amide bonds. The molecular formula is C7H17N3S. The van der Waals surface area contributed by atoms with E-state index < -0.39 is 0 Å². The van der Waals surface area contributed by atoms with E-state index in [0.29, 0.717) is 12.0 Å². The molecule has 4 heteroatoms. The van der Waals surface area contributed by atoms with E-state index in [1.165, 1.54) is 0 Å². The van der Waals surface area contributed by atoms with Crippen molar-refractivity contribution in [3.05, 3.63) is 0 Å². The first-order chi connectivity index (χ1) is 5.20. The van der Waals surface area contributed by atoms with Crippen LogP contribution in [0, 0.1) is 0 Å². The lowest BCUT2D eigenvalue weighted by Gasteiger charge is -2.12. The molecule has 0 saturated carbocycles. The number of nitrogens with two attached hydrogens (primary N) is 1. The van der Waals surface area contributed by atoms with Crippen LogP contribution >= 0.6 is 11.8 Å². The molecule has 0 bridgehead atoms. The summed E-state index contributed by atoms with van der Waals surface area (Å²) < 4.78 is 0. The second-order valence-corrected chi connectivity index (χ2v) is 3.27. The first-order valence-corrected chi connectivity index (χ1v) is 5.15. The molecule has 0 rings (SSSR count). The normalized spacial score (nSPS) is 14.6. The number of rotatable bonds is 4. The van der Waals surface area contributed by atoms with Gasteiger partial charge in [-0.15, -0.1) is 0 Å². The van der Waals surface area contributed by atoms with Gasteiger partial charge in [-0.05, 0) is 20.1 Å². The molecule has 3 nitrogen and oxygen atoms in total. The van der Waals surface area contributed by atoms with Gasteiger partial charge in [-0.2, -0.15) is 11.8 Å². The lowest BCUT2D eigenvalue weighted by atomic mass is 10.4. The van der Waals surface area contributed by atoms with Crippen molar-refractivity contribution in [2.24, 2.45) is 10.7 Å². The number of hydrogen-bond acceptors (Lipinski definition) is 2. The molecule has 11 heavy (non-hydrogen) atoms. The number of hydrogen-bond donors (Lipinski definition) is 2. The van der Waals surface area contributed by atoms with E-state index in [1.54, 1.807) is 11.8 Å². The number of aliphatic imine (C=N–C) groups is 1. The molecule has 1 unspecified atom stereocenters. The summed E-state index contributed by atoms with van der Waals surface area (Å²) in [6, 6.07) is 0.403. The van der Waals surface area contributed by atoms with Crippen molar-refractivity contribution < 1.29 is 0 Å². The van der Waals surface area contributed by atoms with Gasteiger partial charge in [-0.1, -0.05) is 0 Å². The van der Waals surface area contributed by atoms with E-state index in [9.17, 15) is 0 Å². The second-order valence-electron chi connectivity index (χ2n) is 2.36. The number of nitrogens with one attached hydrogen (secondary N) is 1. The van der Waals surface area contributed by atoms with Crippen molar-refractivity contribution >= 4 is 17.7 Å². The summed E-state index contributed by atoms with van der Waals surface area (Å²) >= 11 is 1.80. The summed E-state index contributed by atoms with van der Waals surface area (Å²) in [5.41, 5.74) is 5.55. The van der Waals surface area contributed by atoms with Crippen molar-refractivity contribution in [3.8, 4) is 0 Å². The zero-order valence-corrected chi connectivity index (χ0v) is 8.24. The van der Waals surface area contributed by atoms with Crippen LogP contribution in [-0.2, 0) is 0 Å². The molecule has 0 aromatic carbocycles. The molecule has 0 aliphatic carbocycles. The standard InChI is InChI=1S/C7H17N3S/c1-4-9-7(8)10-6(2)5-11-3/h6H,4-5H2,1-3H3,(H3,8,9,10). The third kappa shape index (κ3) is 6.04. The van der Waals surface area contributed by atoms with Gasteiger partial charge in [0.25, 0.3) is 0 Å². The Morgan fingerprint density at radius 1 is 1.73 bits per heavy atom. The van der Waals surface area contributed by atoms with Crippen molar-refractivity contribution in [1.82, 2.24) is 5.32 Å². The Kier molecular flexibility index (Phi) is 6.12. The largest absolute Gasteiger partial charge is 0.370 e. The minimum atomic E-state index is 0.403. The van der Waals surface area contributed by atoms with Crippen LogP contribution in [0.4, 0.5) is 0 Å². The Balaban J connectivity index is 3.56. The molecule has 0 fully saturated rings. The summed E-state index contributed by atoms with van der Waals surface area (Å²) in [6.07, 6.45) is 2.07. The zero-order chi connectivity index (χ0) is 8.69. The van der Waals surface area contributed by atoms with Crippen molar-refractivity contribution in [1.29, 1.82) is 0 Å². The Bertz CT molecular complexity index is 125. The van der Waals surface area contributed by atoms with Crippen LogP contribution in [0.2, 0.25) is 0 Å². The summed E-state index contributed by atoms with van der Waals surface area (Å²) in [6.45, 7) is 4.80. The lowest BCUT2D eigenvalue weighted by Crippen LogP contribution is -2.39. The van der Waals surface area contributed by atoms with Crippen LogP contribution in [0.5, 0.6) is 0 Å². The monoisotopic (exact) mass is 175 g/mol. The highest BCUT2D eigenvalue weighted by molar-refractivity contribution is 7.98. The van der Waals surface area contributed by atoms with Gasteiger partial charge in [-0.3, -0.25) is 4.99 Å². The van der Waals surface area contributed by atoms with Crippen molar-refractivity contribution in [2.75, 3.05) is 18.6 Å². The van der Waals surface area contributed by atoms with Crippen LogP contribution < -0.4 is 11.1 Å². The van der Waals surface area contributed by atoms with Crippen molar-refractivity contribution in [3.63, 3.8) is 0 Å². The topological polar surface area (TPSA) is 50.4 Å². The van der Waals surface area contributed by atoms with Gasteiger partial charge < -0.3 is 11.1 Å². The Morgan fingerprint density at radius 3 is 2.82 bits per heavy atom. The Morgan fingerprint density at radius 2 is 2.36 bits per heavy atom. The molecular weight excluding hydrogens is 158 g/mol. The highest BCUT2D eigenvalue weighted by atomic mass is 32.2. The summed E-state index contributed by atoms with van der Waals surface area (Å²) in [5, 5.41) is 3.09. The molecule has 0 spiro atoms. The van der Waals surface area contributed by atoms with Crippen LogP contribution in [0.25, 0.3) is 0 Å². The minimum Gasteiger partial charge on any atom is -0.370 e. The fourth-order valence-corrected chi connectivity index (χ4v) is 1.34. The number of guanidine groups is 1. The Labute approximate surface area is 72.8 Å². The fourth-order valence-electron chi connectivity index (χ4n) is 0.760. The van der Waals surface area contributed by atoms with E-state index >= 15 is 0 Å². The van der Waals surface area contributed by atoms with Gasteiger partial charge in [0.2, 0.25) is 0 Å². The molecule has 0 aliphatic rings. The van der Waals surface area contributed by atoms with Gasteiger partial charge in [0.05, 0.1) is 0 Å². The van der Waals surface area contributed by atoms with Crippen molar-refractivity contribution in [2.45, 2.75) is 19.9 Å². The summed E-state index contributed by atoms with van der Waals surface area (Å²) in [7, 11) is 0. The van der Waals surface area contributed by atoms with Gasteiger partial charge >= 0.3 is 0 Å². The van der Waals surface area contributed by atoms with Gasteiger partial charge in [-0.25, -0.2) is 0 Å². The first kappa shape index (κ1) is 10.6. The maximum Gasteiger partial charge on any atom is 0.188 e. The molecule has 0 heterocycles. The van der Waals surface area contributed by atoms with Crippen LogP contribution in [-0.4, -0.2) is 30.6 Å². The second kappa shape index (κ2) is 6.34. The van der Waals surface area contributed by atoms with E-state index in [4.69, 9.17) is 5.73 Å². The van der Waals surface area contributed by atoms with Gasteiger partial charge in [0.15, 0.2) is 5.96 Å². The molecule has 0 aromatic rings. The minimum absolute atomic E-state index is 0.403. The summed E-state index contributed by atoms with van der Waals surface area (Å²) in [5.74, 6) is 1.61. The predicted octanol–water partition coefficient (Wildman–Crippen LogP) is 0.662. The highest BCUT2D eigenvalue weighted by Crippen LogP contribution is 1.94. The number of nitrogens with zero attached hydrogens (tertiary/aromatic N) is 1. The van der Waals surface area contributed by atoms with Gasteiger partial charge in [0, 0.05) is 18.3 Å². The maximum atomic E-state index is 5.55. The van der Waals surface area contributed by atoms with E-state index in [-0.39, 0.29) is 0 Å². The maximum absolute atomic E-state index is 5.55. The van der Waals surface area contributed by atoms with Crippen LogP contribution in [0.3, 0.4) is 0 Å². The molecule has 1 atom stereocenters. The predicted molar refractivity (Wildman–Crippen MR) is 53.1 cm³/mol. The third-order valence-corrected chi connectivity index (χ3v) is 1.97. The average molecular weight is 175 g/mol. The molecule has 0 aliphatic heterocycles.